The zero-order valence-corrected chi connectivity index (χ0v) is 17.9. The fourth-order valence-corrected chi connectivity index (χ4v) is 9.95. The molecule has 0 N–H and O–H groups in total. The van der Waals surface area contributed by atoms with Crippen molar-refractivity contribution in [1.29, 1.82) is 0 Å². The average molecular weight is 359 g/mol. The Balaban J connectivity index is 2.38. The predicted octanol–water partition coefficient (Wildman–Crippen LogP) is 6.28. The lowest BCUT2D eigenvalue weighted by atomic mass is 9.79. The molecule has 2 nitrogen and oxygen atoms in total. The van der Waals surface area contributed by atoms with Crippen LogP contribution < -0.4 is 0 Å². The van der Waals surface area contributed by atoms with E-state index < -0.39 is 8.32 Å². The Morgan fingerprint density at radius 1 is 1.04 bits per heavy atom. The fraction of sp³-hybridized carbons (Fsp3) is 0.591. The molecule has 1 unspecified atom stereocenters. The van der Waals surface area contributed by atoms with Gasteiger partial charge in [0.2, 0.25) is 0 Å². The third-order valence-corrected chi connectivity index (χ3v) is 11.8. The van der Waals surface area contributed by atoms with Crippen LogP contribution in [0.4, 0.5) is 0 Å². The Morgan fingerprint density at radius 3 is 2.00 bits per heavy atom. The van der Waals surface area contributed by atoms with Crippen molar-refractivity contribution in [2.45, 2.75) is 77.9 Å². The zero-order valence-electron chi connectivity index (χ0n) is 16.9. The third kappa shape index (κ3) is 3.92. The number of carbonyl (C=O) groups is 1. The molecule has 1 atom stereocenters. The van der Waals surface area contributed by atoms with E-state index >= 15 is 0 Å². The SMILES string of the molecule is CC(=O)C1CC(Cc2ccccc2)=C1O[Si](C(C)C)(C(C)C)C(C)C. The number of hydrogen-bond donors (Lipinski definition) is 0. The van der Waals surface area contributed by atoms with E-state index in [0.29, 0.717) is 16.6 Å². The van der Waals surface area contributed by atoms with E-state index in [4.69, 9.17) is 4.43 Å². The van der Waals surface area contributed by atoms with Crippen molar-refractivity contribution in [3.8, 4) is 0 Å². The minimum Gasteiger partial charge on any atom is -0.545 e. The maximum atomic E-state index is 12.1. The van der Waals surface area contributed by atoms with Crippen LogP contribution in [0, 0.1) is 5.92 Å². The number of benzene rings is 1. The maximum Gasteiger partial charge on any atom is 0.258 e. The summed E-state index contributed by atoms with van der Waals surface area (Å²) < 4.78 is 6.91. The minimum atomic E-state index is -2.02. The van der Waals surface area contributed by atoms with Gasteiger partial charge in [0.05, 0.1) is 11.7 Å². The molecule has 1 aromatic carbocycles. The molecule has 0 aromatic heterocycles. The van der Waals surface area contributed by atoms with Crippen LogP contribution in [0.15, 0.2) is 41.7 Å². The molecule has 0 spiro atoms. The highest BCUT2D eigenvalue weighted by atomic mass is 28.4. The van der Waals surface area contributed by atoms with Crippen molar-refractivity contribution in [3.05, 3.63) is 47.2 Å². The van der Waals surface area contributed by atoms with Gasteiger partial charge in [-0.15, -0.1) is 0 Å². The lowest BCUT2D eigenvalue weighted by molar-refractivity contribution is -0.121. The van der Waals surface area contributed by atoms with Crippen LogP contribution in [-0.4, -0.2) is 14.1 Å². The first kappa shape index (κ1) is 20.0. The first-order valence-electron chi connectivity index (χ1n) is 9.65. The smallest absolute Gasteiger partial charge is 0.258 e. The van der Waals surface area contributed by atoms with Crippen LogP contribution in [0.3, 0.4) is 0 Å². The molecule has 1 aromatic rings. The Hall–Kier alpha value is -1.35. The van der Waals surface area contributed by atoms with Crippen molar-refractivity contribution in [2.24, 2.45) is 5.92 Å². The number of Topliss-reactive ketones (excluding diaryl/α,β-unsaturated/α-hetero) is 1. The van der Waals surface area contributed by atoms with Crippen molar-refractivity contribution in [3.63, 3.8) is 0 Å². The molecular weight excluding hydrogens is 324 g/mol. The first-order chi connectivity index (χ1) is 11.7. The Morgan fingerprint density at radius 2 is 1.56 bits per heavy atom. The minimum absolute atomic E-state index is 0.0261. The van der Waals surface area contributed by atoms with E-state index in [2.05, 4.69) is 65.8 Å². The van der Waals surface area contributed by atoms with Gasteiger partial charge in [0.15, 0.2) is 0 Å². The topological polar surface area (TPSA) is 26.3 Å². The van der Waals surface area contributed by atoms with Crippen molar-refractivity contribution in [1.82, 2.24) is 0 Å². The summed E-state index contributed by atoms with van der Waals surface area (Å²) in [6, 6.07) is 10.5. The number of rotatable bonds is 8. The molecule has 0 heterocycles. The molecule has 3 heteroatoms. The Bertz CT molecular complexity index is 607. The monoisotopic (exact) mass is 358 g/mol. The van der Waals surface area contributed by atoms with Gasteiger partial charge < -0.3 is 4.43 Å². The quantitative estimate of drug-likeness (QED) is 0.511. The summed E-state index contributed by atoms with van der Waals surface area (Å²) in [5.74, 6) is 1.23. The summed E-state index contributed by atoms with van der Waals surface area (Å²) >= 11 is 0. The first-order valence-corrected chi connectivity index (χ1v) is 11.8. The second-order valence-corrected chi connectivity index (χ2v) is 13.8. The van der Waals surface area contributed by atoms with Crippen LogP contribution in [-0.2, 0) is 15.6 Å². The van der Waals surface area contributed by atoms with Crippen LogP contribution in [0.2, 0.25) is 16.6 Å². The van der Waals surface area contributed by atoms with Crippen molar-refractivity contribution < 1.29 is 9.22 Å². The van der Waals surface area contributed by atoms with Crippen LogP contribution >= 0.6 is 0 Å². The molecule has 2 rings (SSSR count). The molecule has 25 heavy (non-hydrogen) atoms. The van der Waals surface area contributed by atoms with Gasteiger partial charge in [0.25, 0.3) is 8.32 Å². The summed E-state index contributed by atoms with van der Waals surface area (Å²) in [6.45, 7) is 15.5. The largest absolute Gasteiger partial charge is 0.545 e. The van der Waals surface area contributed by atoms with Gasteiger partial charge in [-0.05, 0) is 47.5 Å². The number of carbonyl (C=O) groups excluding carboxylic acids is 1. The number of ketones is 1. The summed E-state index contributed by atoms with van der Waals surface area (Å²) in [6.07, 6.45) is 1.76. The average Bonchev–Trinajstić information content (AvgIpc) is 2.51. The van der Waals surface area contributed by atoms with E-state index in [-0.39, 0.29) is 11.7 Å². The van der Waals surface area contributed by atoms with E-state index in [0.717, 1.165) is 18.6 Å². The zero-order chi connectivity index (χ0) is 18.8. The lowest BCUT2D eigenvalue weighted by Gasteiger charge is -2.47. The Labute approximate surface area is 154 Å². The second-order valence-electron chi connectivity index (χ2n) is 8.42. The van der Waals surface area contributed by atoms with Gasteiger partial charge in [-0.25, -0.2) is 0 Å². The predicted molar refractivity (Wildman–Crippen MR) is 108 cm³/mol. The molecule has 0 bridgehead atoms. The van der Waals surface area contributed by atoms with Crippen LogP contribution in [0.25, 0.3) is 0 Å². The van der Waals surface area contributed by atoms with Gasteiger partial charge in [-0.1, -0.05) is 71.9 Å². The Kier molecular flexibility index (Phi) is 6.31. The maximum absolute atomic E-state index is 12.1. The highest BCUT2D eigenvalue weighted by Gasteiger charge is 2.50. The summed E-state index contributed by atoms with van der Waals surface area (Å²) in [5, 5.41) is 0. The molecule has 0 saturated carbocycles. The summed E-state index contributed by atoms with van der Waals surface area (Å²) in [5.41, 5.74) is 4.18. The molecule has 0 saturated heterocycles. The summed E-state index contributed by atoms with van der Waals surface area (Å²) in [7, 11) is -2.02. The fourth-order valence-electron chi connectivity index (χ4n) is 4.57. The third-order valence-electron chi connectivity index (χ3n) is 5.86. The van der Waals surface area contributed by atoms with Crippen LogP contribution in [0.1, 0.15) is 60.5 Å². The van der Waals surface area contributed by atoms with Crippen molar-refractivity contribution >= 4 is 14.1 Å². The molecule has 0 fully saturated rings. The van der Waals surface area contributed by atoms with E-state index in [9.17, 15) is 4.79 Å². The van der Waals surface area contributed by atoms with Gasteiger partial charge in [-0.2, -0.15) is 0 Å². The van der Waals surface area contributed by atoms with Gasteiger partial charge in [0.1, 0.15) is 5.78 Å². The number of allylic oxidation sites excluding steroid dienone is 2. The molecule has 1 aliphatic rings. The van der Waals surface area contributed by atoms with Gasteiger partial charge in [-0.3, -0.25) is 4.79 Å². The van der Waals surface area contributed by atoms with E-state index in [1.807, 2.05) is 6.07 Å². The summed E-state index contributed by atoms with van der Waals surface area (Å²) in [4.78, 5) is 12.1. The van der Waals surface area contributed by atoms with Gasteiger partial charge >= 0.3 is 0 Å². The van der Waals surface area contributed by atoms with Gasteiger partial charge in [0, 0.05) is 0 Å². The molecule has 0 aliphatic heterocycles. The second kappa shape index (κ2) is 7.90. The highest BCUT2D eigenvalue weighted by molar-refractivity contribution is 6.77. The van der Waals surface area contributed by atoms with E-state index in [1.54, 1.807) is 6.92 Å². The standard InChI is InChI=1S/C22H34O2Si/c1-15(2)25(16(3)4,17(5)6)24-22-20(14-21(22)18(7)23)13-19-11-9-8-10-12-19/h8-12,15-17,21H,13-14H2,1-7H3. The molecule has 0 radical (unpaired) electrons. The molecule has 1 aliphatic carbocycles. The molecular formula is C22H34O2Si. The lowest BCUT2D eigenvalue weighted by Crippen LogP contribution is -2.49. The molecule has 0 amide bonds. The van der Waals surface area contributed by atoms with Crippen LogP contribution in [0.5, 0.6) is 0 Å². The highest BCUT2D eigenvalue weighted by Crippen LogP contribution is 2.48. The van der Waals surface area contributed by atoms with Crippen molar-refractivity contribution in [2.75, 3.05) is 0 Å². The van der Waals surface area contributed by atoms with E-state index in [1.165, 1.54) is 11.1 Å². The number of hydrogen-bond acceptors (Lipinski definition) is 2. The normalized spacial score (nSPS) is 18.1. The molecule has 138 valence electrons.